The van der Waals surface area contributed by atoms with Crippen molar-refractivity contribution < 1.29 is 9.90 Å². The molecule has 88 valence electrons. The lowest BCUT2D eigenvalue weighted by molar-refractivity contribution is -0.141. The van der Waals surface area contributed by atoms with E-state index in [1.54, 1.807) is 0 Å². The monoisotopic (exact) mass is 231 g/mol. The minimum Gasteiger partial charge on any atom is -0.481 e. The highest BCUT2D eigenvalue weighted by atomic mass is 16.4. The van der Waals surface area contributed by atoms with Gasteiger partial charge in [0.15, 0.2) is 0 Å². The molecule has 3 rings (SSSR count). The SMILES string of the molecule is O=C(O)C1CNNC1c1c[nH]c2ccccc12. The van der Waals surface area contributed by atoms with Gasteiger partial charge in [-0.15, -0.1) is 0 Å². The van der Waals surface area contributed by atoms with Crippen LogP contribution in [-0.4, -0.2) is 22.6 Å². The first-order valence-corrected chi connectivity index (χ1v) is 5.54. The van der Waals surface area contributed by atoms with E-state index in [4.69, 9.17) is 5.11 Å². The first kappa shape index (κ1) is 10.3. The fourth-order valence-electron chi connectivity index (χ4n) is 2.37. The Balaban J connectivity index is 2.06. The van der Waals surface area contributed by atoms with Crippen LogP contribution in [0.2, 0.25) is 0 Å². The third-order valence-corrected chi connectivity index (χ3v) is 3.26. The second kappa shape index (κ2) is 3.87. The molecule has 17 heavy (non-hydrogen) atoms. The van der Waals surface area contributed by atoms with E-state index in [0.717, 1.165) is 16.5 Å². The molecule has 2 atom stereocenters. The minimum absolute atomic E-state index is 0.191. The molecule has 0 radical (unpaired) electrons. The highest BCUT2D eigenvalue weighted by molar-refractivity contribution is 5.84. The van der Waals surface area contributed by atoms with Crippen molar-refractivity contribution in [1.29, 1.82) is 0 Å². The molecule has 5 nitrogen and oxygen atoms in total. The van der Waals surface area contributed by atoms with Gasteiger partial charge in [0, 0.05) is 23.6 Å². The van der Waals surface area contributed by atoms with Gasteiger partial charge in [-0.3, -0.25) is 10.2 Å². The highest BCUT2D eigenvalue weighted by Crippen LogP contribution is 2.30. The number of fused-ring (bicyclic) bond motifs is 1. The predicted octanol–water partition coefficient (Wildman–Crippen LogP) is 1.02. The zero-order valence-electron chi connectivity index (χ0n) is 9.10. The number of rotatable bonds is 2. The van der Waals surface area contributed by atoms with Crippen LogP contribution < -0.4 is 10.9 Å². The van der Waals surface area contributed by atoms with Crippen molar-refractivity contribution in [3.05, 3.63) is 36.0 Å². The van der Waals surface area contributed by atoms with Crippen molar-refractivity contribution in [1.82, 2.24) is 15.8 Å². The summed E-state index contributed by atoms with van der Waals surface area (Å²) in [6.07, 6.45) is 1.88. The van der Waals surface area contributed by atoms with Gasteiger partial charge in [0.05, 0.1) is 12.0 Å². The fourth-order valence-corrected chi connectivity index (χ4v) is 2.37. The lowest BCUT2D eigenvalue weighted by Crippen LogP contribution is -2.26. The summed E-state index contributed by atoms with van der Waals surface area (Å²) in [5, 5.41) is 10.2. The molecule has 1 aliphatic heterocycles. The van der Waals surface area contributed by atoms with Gasteiger partial charge < -0.3 is 10.1 Å². The Morgan fingerprint density at radius 2 is 2.18 bits per heavy atom. The van der Waals surface area contributed by atoms with Crippen molar-refractivity contribution in [3.63, 3.8) is 0 Å². The molecule has 0 spiro atoms. The van der Waals surface area contributed by atoms with E-state index in [1.807, 2.05) is 30.5 Å². The number of hydrazine groups is 1. The topological polar surface area (TPSA) is 77.2 Å². The van der Waals surface area contributed by atoms with Gasteiger partial charge in [0.25, 0.3) is 0 Å². The molecule has 1 fully saturated rings. The number of carboxylic acids is 1. The molecule has 1 aromatic heterocycles. The van der Waals surface area contributed by atoms with Crippen molar-refractivity contribution in [3.8, 4) is 0 Å². The molecule has 2 heterocycles. The predicted molar refractivity (Wildman–Crippen MR) is 63.3 cm³/mol. The number of hydrogen-bond donors (Lipinski definition) is 4. The van der Waals surface area contributed by atoms with Gasteiger partial charge in [-0.2, -0.15) is 0 Å². The maximum atomic E-state index is 11.2. The smallest absolute Gasteiger partial charge is 0.309 e. The summed E-state index contributed by atoms with van der Waals surface area (Å²) in [5.74, 6) is -1.22. The number of aliphatic carboxylic acids is 1. The standard InChI is InChI=1S/C12H13N3O2/c16-12(17)9-6-14-15-11(9)8-5-13-10-4-2-1-3-7(8)10/h1-5,9,11,13-15H,6H2,(H,16,17). The van der Waals surface area contributed by atoms with E-state index in [1.165, 1.54) is 0 Å². The second-order valence-electron chi connectivity index (χ2n) is 4.24. The Morgan fingerprint density at radius 3 is 3.00 bits per heavy atom. The van der Waals surface area contributed by atoms with Gasteiger partial charge in [0.1, 0.15) is 0 Å². The first-order valence-electron chi connectivity index (χ1n) is 5.54. The molecule has 0 amide bonds. The second-order valence-corrected chi connectivity index (χ2v) is 4.24. The number of H-pyrrole nitrogens is 1. The average Bonchev–Trinajstić information content (AvgIpc) is 2.94. The summed E-state index contributed by atoms with van der Waals surface area (Å²) in [7, 11) is 0. The Morgan fingerprint density at radius 1 is 1.35 bits per heavy atom. The molecule has 0 saturated carbocycles. The molecule has 1 saturated heterocycles. The number of benzene rings is 1. The summed E-state index contributed by atoms with van der Waals surface area (Å²) in [4.78, 5) is 14.3. The van der Waals surface area contributed by atoms with E-state index >= 15 is 0 Å². The van der Waals surface area contributed by atoms with Gasteiger partial charge in [-0.25, -0.2) is 5.43 Å². The largest absolute Gasteiger partial charge is 0.481 e. The first-order chi connectivity index (χ1) is 8.27. The third-order valence-electron chi connectivity index (χ3n) is 3.26. The minimum atomic E-state index is -0.780. The van der Waals surface area contributed by atoms with Crippen LogP contribution in [0.4, 0.5) is 0 Å². The van der Waals surface area contributed by atoms with Gasteiger partial charge in [-0.1, -0.05) is 18.2 Å². The summed E-state index contributed by atoms with van der Waals surface area (Å²) in [6, 6.07) is 7.70. The summed E-state index contributed by atoms with van der Waals surface area (Å²) < 4.78 is 0. The molecular formula is C12H13N3O2. The van der Waals surface area contributed by atoms with Crippen LogP contribution in [0, 0.1) is 5.92 Å². The van der Waals surface area contributed by atoms with Crippen molar-refractivity contribution in [2.45, 2.75) is 6.04 Å². The molecule has 0 aliphatic carbocycles. The van der Waals surface area contributed by atoms with E-state index in [-0.39, 0.29) is 6.04 Å². The lowest BCUT2D eigenvalue weighted by Gasteiger charge is -2.13. The van der Waals surface area contributed by atoms with Crippen molar-refractivity contribution in [2.24, 2.45) is 5.92 Å². The van der Waals surface area contributed by atoms with Crippen LogP contribution in [0.1, 0.15) is 11.6 Å². The highest BCUT2D eigenvalue weighted by Gasteiger charge is 2.35. The molecule has 2 unspecified atom stereocenters. The molecule has 1 aliphatic rings. The van der Waals surface area contributed by atoms with Crippen LogP contribution in [0.25, 0.3) is 10.9 Å². The van der Waals surface area contributed by atoms with Gasteiger partial charge >= 0.3 is 5.97 Å². The number of carbonyl (C=O) groups is 1. The molecule has 0 bridgehead atoms. The molecule has 5 heteroatoms. The molecule has 4 N–H and O–H groups in total. The van der Waals surface area contributed by atoms with Crippen LogP contribution >= 0.6 is 0 Å². The zero-order valence-corrected chi connectivity index (χ0v) is 9.10. The van der Waals surface area contributed by atoms with Crippen LogP contribution in [0.5, 0.6) is 0 Å². The van der Waals surface area contributed by atoms with Gasteiger partial charge in [-0.05, 0) is 11.6 Å². The number of para-hydroxylation sites is 1. The van der Waals surface area contributed by atoms with Crippen LogP contribution in [-0.2, 0) is 4.79 Å². The number of aromatic amines is 1. The number of aromatic nitrogens is 1. The van der Waals surface area contributed by atoms with Gasteiger partial charge in [0.2, 0.25) is 0 Å². The number of nitrogens with one attached hydrogen (secondary N) is 3. The maximum absolute atomic E-state index is 11.2. The molecule has 2 aromatic rings. The molecule has 1 aromatic carbocycles. The van der Waals surface area contributed by atoms with E-state index in [9.17, 15) is 4.79 Å². The average molecular weight is 231 g/mol. The van der Waals surface area contributed by atoms with E-state index in [2.05, 4.69) is 15.8 Å². The van der Waals surface area contributed by atoms with E-state index in [0.29, 0.717) is 6.54 Å². The summed E-state index contributed by atoms with van der Waals surface area (Å²) in [6.45, 7) is 0.444. The van der Waals surface area contributed by atoms with Crippen molar-refractivity contribution >= 4 is 16.9 Å². The Hall–Kier alpha value is -1.85. The quantitative estimate of drug-likeness (QED) is 0.622. The summed E-state index contributed by atoms with van der Waals surface area (Å²) in [5.41, 5.74) is 7.97. The zero-order chi connectivity index (χ0) is 11.8. The third kappa shape index (κ3) is 1.60. The number of carboxylic acid groups (broad SMARTS) is 1. The Labute approximate surface area is 97.8 Å². The Kier molecular flexibility index (Phi) is 2.35. The van der Waals surface area contributed by atoms with Crippen molar-refractivity contribution in [2.75, 3.05) is 6.54 Å². The van der Waals surface area contributed by atoms with E-state index < -0.39 is 11.9 Å². The maximum Gasteiger partial charge on any atom is 0.309 e. The Bertz CT molecular complexity index is 564. The lowest BCUT2D eigenvalue weighted by atomic mass is 9.95. The van der Waals surface area contributed by atoms with Crippen LogP contribution in [0.15, 0.2) is 30.5 Å². The number of hydrogen-bond acceptors (Lipinski definition) is 3. The molecular weight excluding hydrogens is 218 g/mol. The van der Waals surface area contributed by atoms with Crippen LogP contribution in [0.3, 0.4) is 0 Å². The normalized spacial score (nSPS) is 24.2. The summed E-state index contributed by atoms with van der Waals surface area (Å²) >= 11 is 0. The fraction of sp³-hybridized carbons (Fsp3) is 0.250.